The van der Waals surface area contributed by atoms with Crippen LogP contribution in [0.4, 0.5) is 4.79 Å². The van der Waals surface area contributed by atoms with Crippen molar-refractivity contribution in [2.45, 2.75) is 18.4 Å². The first kappa shape index (κ1) is 19.5. The number of aliphatic hydroxyl groups is 1. The van der Waals surface area contributed by atoms with Crippen molar-refractivity contribution < 1.29 is 14.6 Å². The van der Waals surface area contributed by atoms with Crippen LogP contribution in [0.3, 0.4) is 0 Å². The van der Waals surface area contributed by atoms with Crippen LogP contribution in [0.1, 0.15) is 35.1 Å². The highest BCUT2D eigenvalue weighted by Crippen LogP contribution is 2.44. The summed E-state index contributed by atoms with van der Waals surface area (Å²) >= 11 is 6.06. The molecule has 0 saturated carbocycles. The van der Waals surface area contributed by atoms with Gasteiger partial charge in [0.15, 0.2) is 0 Å². The third-order valence-corrected chi connectivity index (χ3v) is 5.54. The summed E-state index contributed by atoms with van der Waals surface area (Å²) in [6, 6.07) is 23.3. The lowest BCUT2D eigenvalue weighted by molar-refractivity contribution is 0.136. The molecule has 0 saturated heterocycles. The number of hydrogen-bond donors (Lipinski definition) is 2. The van der Waals surface area contributed by atoms with E-state index >= 15 is 0 Å². The number of amides is 1. The van der Waals surface area contributed by atoms with Crippen LogP contribution in [0.5, 0.6) is 0 Å². The molecule has 0 spiro atoms. The fourth-order valence-corrected chi connectivity index (χ4v) is 4.16. The molecule has 0 bridgehead atoms. The van der Waals surface area contributed by atoms with Gasteiger partial charge in [-0.15, -0.1) is 0 Å². The molecule has 4 rings (SSSR count). The van der Waals surface area contributed by atoms with Gasteiger partial charge in [-0.1, -0.05) is 72.3 Å². The van der Waals surface area contributed by atoms with E-state index in [9.17, 15) is 9.90 Å². The molecule has 0 aromatic heterocycles. The van der Waals surface area contributed by atoms with Gasteiger partial charge < -0.3 is 15.2 Å². The molecule has 1 aliphatic carbocycles. The van der Waals surface area contributed by atoms with E-state index in [4.69, 9.17) is 16.3 Å². The summed E-state index contributed by atoms with van der Waals surface area (Å²) in [6.07, 6.45) is -0.129. The number of rotatable bonds is 6. The van der Waals surface area contributed by atoms with Gasteiger partial charge in [0.05, 0.1) is 6.04 Å². The topological polar surface area (TPSA) is 58.6 Å². The molecule has 3 aromatic carbocycles. The molecule has 0 radical (unpaired) electrons. The smallest absolute Gasteiger partial charge is 0.407 e. The van der Waals surface area contributed by atoms with Crippen LogP contribution in [0, 0.1) is 0 Å². The summed E-state index contributed by atoms with van der Waals surface area (Å²) < 4.78 is 5.60. The molecule has 0 heterocycles. The van der Waals surface area contributed by atoms with E-state index in [-0.39, 0.29) is 25.2 Å². The summed E-state index contributed by atoms with van der Waals surface area (Å²) in [5.74, 6) is 0.00983. The third-order valence-electron chi connectivity index (χ3n) is 5.30. The molecule has 2 N–H and O–H groups in total. The van der Waals surface area contributed by atoms with Gasteiger partial charge in [0, 0.05) is 17.5 Å². The van der Waals surface area contributed by atoms with E-state index in [1.807, 2.05) is 36.4 Å². The van der Waals surface area contributed by atoms with Gasteiger partial charge in [0.25, 0.3) is 0 Å². The second kappa shape index (κ2) is 8.68. The first-order valence-electron chi connectivity index (χ1n) is 9.65. The predicted octanol–water partition coefficient (Wildman–Crippen LogP) is 5.30. The highest BCUT2D eigenvalue weighted by atomic mass is 35.5. The number of hydrogen-bond acceptors (Lipinski definition) is 3. The average Bonchev–Trinajstić information content (AvgIpc) is 3.06. The van der Waals surface area contributed by atoms with Crippen molar-refractivity contribution >= 4 is 17.7 Å². The van der Waals surface area contributed by atoms with Crippen LogP contribution in [0.25, 0.3) is 11.1 Å². The minimum absolute atomic E-state index is 0.00983. The fraction of sp³-hybridized carbons (Fsp3) is 0.208. The quantitative estimate of drug-likeness (QED) is 0.582. The van der Waals surface area contributed by atoms with Gasteiger partial charge in [0.1, 0.15) is 6.61 Å². The number of alkyl carbamates (subject to hydrolysis) is 1. The molecule has 29 heavy (non-hydrogen) atoms. The fourth-order valence-electron chi connectivity index (χ4n) is 3.96. The predicted molar refractivity (Wildman–Crippen MR) is 114 cm³/mol. The number of carbonyl (C=O) groups excluding carboxylic acids is 1. The Bertz CT molecular complexity index is 975. The maximum absolute atomic E-state index is 12.5. The molecule has 5 heteroatoms. The SMILES string of the molecule is O=C(N[C@H](CCO)c1cccc(Cl)c1)OCC1c2ccccc2-c2ccccc21. The van der Waals surface area contributed by atoms with Gasteiger partial charge in [-0.2, -0.15) is 0 Å². The molecule has 0 aliphatic heterocycles. The second-order valence-electron chi connectivity index (χ2n) is 7.09. The molecule has 3 aromatic rings. The summed E-state index contributed by atoms with van der Waals surface area (Å²) in [6.45, 7) is 0.197. The summed E-state index contributed by atoms with van der Waals surface area (Å²) in [5, 5.41) is 12.8. The Balaban J connectivity index is 1.47. The zero-order chi connectivity index (χ0) is 20.2. The summed E-state index contributed by atoms with van der Waals surface area (Å²) in [4.78, 5) is 12.5. The number of fused-ring (bicyclic) bond motifs is 3. The largest absolute Gasteiger partial charge is 0.449 e. The molecule has 1 atom stereocenters. The Labute approximate surface area is 175 Å². The third kappa shape index (κ3) is 4.14. The zero-order valence-corrected chi connectivity index (χ0v) is 16.6. The molecule has 148 valence electrons. The second-order valence-corrected chi connectivity index (χ2v) is 7.53. The van der Waals surface area contributed by atoms with Gasteiger partial charge >= 0.3 is 6.09 Å². The van der Waals surface area contributed by atoms with E-state index < -0.39 is 6.09 Å². The van der Waals surface area contributed by atoms with E-state index in [0.29, 0.717) is 11.4 Å². The lowest BCUT2D eigenvalue weighted by Gasteiger charge is -2.20. The van der Waals surface area contributed by atoms with Gasteiger partial charge in [-0.3, -0.25) is 0 Å². The van der Waals surface area contributed by atoms with E-state index in [1.165, 1.54) is 22.3 Å². The number of halogens is 1. The van der Waals surface area contributed by atoms with Crippen molar-refractivity contribution in [3.63, 3.8) is 0 Å². The Morgan fingerprint density at radius 1 is 1.00 bits per heavy atom. The molecular weight excluding hydrogens is 386 g/mol. The van der Waals surface area contributed by atoms with Crippen LogP contribution in [-0.2, 0) is 4.74 Å². The lowest BCUT2D eigenvalue weighted by atomic mass is 9.98. The molecular formula is C24H22ClNO3. The van der Waals surface area contributed by atoms with Gasteiger partial charge in [0.2, 0.25) is 0 Å². The molecule has 1 aliphatic rings. The number of benzene rings is 3. The maximum Gasteiger partial charge on any atom is 0.407 e. The van der Waals surface area contributed by atoms with Crippen molar-refractivity contribution in [3.05, 3.63) is 94.5 Å². The molecule has 0 fully saturated rings. The van der Waals surface area contributed by atoms with Crippen molar-refractivity contribution in [2.24, 2.45) is 0 Å². The van der Waals surface area contributed by atoms with Crippen molar-refractivity contribution in [1.82, 2.24) is 5.32 Å². The van der Waals surface area contributed by atoms with Crippen molar-refractivity contribution in [1.29, 1.82) is 0 Å². The Kier molecular flexibility index (Phi) is 5.84. The normalized spacial score (nSPS) is 13.4. The minimum Gasteiger partial charge on any atom is -0.449 e. The van der Waals surface area contributed by atoms with Gasteiger partial charge in [-0.05, 0) is 46.4 Å². The van der Waals surface area contributed by atoms with Crippen LogP contribution in [-0.4, -0.2) is 24.4 Å². The number of ether oxygens (including phenoxy) is 1. The van der Waals surface area contributed by atoms with Crippen LogP contribution >= 0.6 is 11.6 Å². The van der Waals surface area contributed by atoms with Crippen LogP contribution < -0.4 is 5.32 Å². The Morgan fingerprint density at radius 3 is 2.28 bits per heavy atom. The molecule has 0 unspecified atom stereocenters. The van der Waals surface area contributed by atoms with Crippen molar-refractivity contribution in [3.8, 4) is 11.1 Å². The van der Waals surface area contributed by atoms with E-state index in [0.717, 1.165) is 5.56 Å². The van der Waals surface area contributed by atoms with Crippen LogP contribution in [0.15, 0.2) is 72.8 Å². The molecule has 1 amide bonds. The van der Waals surface area contributed by atoms with Crippen LogP contribution in [0.2, 0.25) is 5.02 Å². The average molecular weight is 408 g/mol. The molecule has 4 nitrogen and oxygen atoms in total. The maximum atomic E-state index is 12.5. The Hall–Kier alpha value is -2.82. The number of carbonyl (C=O) groups is 1. The number of aliphatic hydroxyl groups excluding tert-OH is 1. The van der Waals surface area contributed by atoms with E-state index in [1.54, 1.807) is 12.1 Å². The minimum atomic E-state index is -0.509. The Morgan fingerprint density at radius 2 is 1.66 bits per heavy atom. The number of nitrogens with one attached hydrogen (secondary N) is 1. The monoisotopic (exact) mass is 407 g/mol. The summed E-state index contributed by atoms with van der Waals surface area (Å²) in [7, 11) is 0. The lowest BCUT2D eigenvalue weighted by Crippen LogP contribution is -2.31. The highest BCUT2D eigenvalue weighted by Gasteiger charge is 2.29. The van der Waals surface area contributed by atoms with Crippen molar-refractivity contribution in [2.75, 3.05) is 13.2 Å². The first-order valence-corrected chi connectivity index (χ1v) is 10.0. The highest BCUT2D eigenvalue weighted by molar-refractivity contribution is 6.30. The van der Waals surface area contributed by atoms with E-state index in [2.05, 4.69) is 29.6 Å². The standard InChI is InChI=1S/C24H22ClNO3/c25-17-7-5-6-16(14-17)23(12-13-27)26-24(28)29-15-22-20-10-3-1-8-18(20)19-9-2-4-11-21(19)22/h1-11,14,22-23,27H,12-13,15H2,(H,26,28)/t23-/m1/s1. The van der Waals surface area contributed by atoms with Gasteiger partial charge in [-0.25, -0.2) is 4.79 Å². The summed E-state index contributed by atoms with van der Waals surface area (Å²) in [5.41, 5.74) is 5.55. The zero-order valence-electron chi connectivity index (χ0n) is 15.8. The first-order chi connectivity index (χ1) is 14.2.